The molecule has 262 valence electrons. The van der Waals surface area contributed by atoms with Crippen LogP contribution in [0.25, 0.3) is 22.3 Å². The molecule has 4 aromatic rings. The molecule has 0 bridgehead atoms. The van der Waals surface area contributed by atoms with E-state index in [-0.39, 0.29) is 41.3 Å². The van der Waals surface area contributed by atoms with Gasteiger partial charge in [-0.15, -0.1) is 0 Å². The molecule has 1 saturated carbocycles. The fourth-order valence-corrected chi connectivity index (χ4v) is 6.63. The van der Waals surface area contributed by atoms with Gasteiger partial charge in [0.15, 0.2) is 17.5 Å². The molecule has 0 heterocycles. The minimum Gasteiger partial charge on any atom is -0.429 e. The van der Waals surface area contributed by atoms with Crippen LogP contribution in [0.1, 0.15) is 88.2 Å². The van der Waals surface area contributed by atoms with Crippen molar-refractivity contribution in [2.45, 2.75) is 83.2 Å². The zero-order valence-corrected chi connectivity index (χ0v) is 26.6. The normalized spacial score (nSPS) is 16.6. The zero-order valence-electron chi connectivity index (χ0n) is 26.6. The lowest BCUT2D eigenvalue weighted by Gasteiger charge is -2.29. The second-order valence-electron chi connectivity index (χ2n) is 12.6. The highest BCUT2D eigenvalue weighted by Gasteiger charge is 2.42. The van der Waals surface area contributed by atoms with Crippen LogP contribution in [0, 0.1) is 52.5 Å². The Morgan fingerprint density at radius 3 is 1.76 bits per heavy atom. The first-order chi connectivity index (χ1) is 23.3. The van der Waals surface area contributed by atoms with Crippen LogP contribution in [0.2, 0.25) is 0 Å². The fourth-order valence-electron chi connectivity index (χ4n) is 6.63. The van der Waals surface area contributed by atoms with Crippen LogP contribution in [-0.4, -0.2) is 0 Å². The molecule has 0 radical (unpaired) electrons. The molecule has 1 fully saturated rings. The Kier molecular flexibility index (Phi) is 11.3. The van der Waals surface area contributed by atoms with Gasteiger partial charge in [0.05, 0.1) is 5.56 Å². The molecule has 0 aromatic heterocycles. The van der Waals surface area contributed by atoms with Crippen molar-refractivity contribution in [3.8, 4) is 28.0 Å². The number of halogens is 10. The molecule has 0 aliphatic heterocycles. The minimum atomic E-state index is -4.89. The maximum atomic E-state index is 15.3. The van der Waals surface area contributed by atoms with Gasteiger partial charge in [-0.3, -0.25) is 0 Å². The third kappa shape index (κ3) is 8.24. The maximum absolute atomic E-state index is 15.3. The van der Waals surface area contributed by atoms with Crippen molar-refractivity contribution in [2.75, 3.05) is 0 Å². The number of hydrogen-bond donors (Lipinski definition) is 0. The van der Waals surface area contributed by atoms with Crippen molar-refractivity contribution >= 4 is 0 Å². The van der Waals surface area contributed by atoms with E-state index in [9.17, 15) is 30.7 Å². The molecule has 1 nitrogen and oxygen atoms in total. The molecule has 0 saturated heterocycles. The van der Waals surface area contributed by atoms with Crippen molar-refractivity contribution in [3.05, 3.63) is 112 Å². The summed E-state index contributed by atoms with van der Waals surface area (Å²) in [4.78, 5) is 0. The SMILES string of the molecule is CCCCCCCC1CCC(c2ccc(-c3cc(F)c(-c4cc(F)c(C(F)(F)Oc5cc(F)c(F)c(F)c5)c(F)c4)c(F)c3)c(F)c2)CC1. The van der Waals surface area contributed by atoms with E-state index >= 15 is 13.2 Å². The molecular weight excluding hydrogens is 662 g/mol. The lowest BCUT2D eigenvalue weighted by molar-refractivity contribution is -0.189. The highest BCUT2D eigenvalue weighted by molar-refractivity contribution is 5.72. The number of unbranched alkanes of at least 4 members (excludes halogenated alkanes) is 4. The molecule has 0 N–H and O–H groups in total. The van der Waals surface area contributed by atoms with Gasteiger partial charge in [0.25, 0.3) is 0 Å². The molecule has 0 unspecified atom stereocenters. The average Bonchev–Trinajstić information content (AvgIpc) is 3.02. The van der Waals surface area contributed by atoms with E-state index in [2.05, 4.69) is 11.7 Å². The van der Waals surface area contributed by atoms with E-state index in [0.29, 0.717) is 5.92 Å². The minimum absolute atomic E-state index is 0.0428. The Labute approximate surface area is 277 Å². The molecular formula is C38H34F10O. The second-order valence-corrected chi connectivity index (χ2v) is 12.6. The van der Waals surface area contributed by atoms with Crippen LogP contribution < -0.4 is 4.74 Å². The first-order valence-electron chi connectivity index (χ1n) is 16.3. The highest BCUT2D eigenvalue weighted by atomic mass is 19.3. The first kappa shape index (κ1) is 36.3. The first-order valence-corrected chi connectivity index (χ1v) is 16.3. The maximum Gasteiger partial charge on any atom is 0.432 e. The van der Waals surface area contributed by atoms with Crippen molar-refractivity contribution in [2.24, 2.45) is 5.92 Å². The van der Waals surface area contributed by atoms with E-state index in [1.807, 2.05) is 0 Å². The van der Waals surface area contributed by atoms with Gasteiger partial charge in [0.2, 0.25) is 0 Å². The fraction of sp³-hybridized carbons (Fsp3) is 0.368. The van der Waals surface area contributed by atoms with Crippen molar-refractivity contribution in [3.63, 3.8) is 0 Å². The van der Waals surface area contributed by atoms with E-state index < -0.39 is 75.1 Å². The summed E-state index contributed by atoms with van der Waals surface area (Å²) in [5.74, 6) is -13.6. The summed E-state index contributed by atoms with van der Waals surface area (Å²) in [5, 5.41) is 0. The second kappa shape index (κ2) is 15.3. The monoisotopic (exact) mass is 696 g/mol. The summed E-state index contributed by atoms with van der Waals surface area (Å²) in [7, 11) is 0. The molecule has 0 atom stereocenters. The van der Waals surface area contributed by atoms with Crippen LogP contribution in [0.15, 0.2) is 54.6 Å². The summed E-state index contributed by atoms with van der Waals surface area (Å²) in [5.41, 5.74) is -3.31. The Morgan fingerprint density at radius 2 is 1.18 bits per heavy atom. The van der Waals surface area contributed by atoms with Gasteiger partial charge in [-0.25, -0.2) is 35.1 Å². The standard InChI is InChI=1S/C38H34F10O/c1-2-3-4-5-6-7-21-8-10-22(11-9-21)23-12-13-27(28(39)14-23)24-15-29(40)35(30(41)16-24)25-17-31(42)36(32(43)18-25)38(47,48)49-26-19-33(44)37(46)34(45)20-26/h12-22H,2-11H2,1H3. The van der Waals surface area contributed by atoms with Crippen molar-refractivity contribution < 1.29 is 48.6 Å². The molecule has 49 heavy (non-hydrogen) atoms. The summed E-state index contributed by atoms with van der Waals surface area (Å²) >= 11 is 0. The summed E-state index contributed by atoms with van der Waals surface area (Å²) in [6, 6.07) is 6.56. The number of alkyl halides is 2. The highest BCUT2D eigenvalue weighted by Crippen LogP contribution is 2.41. The van der Waals surface area contributed by atoms with Crippen molar-refractivity contribution in [1.82, 2.24) is 0 Å². The Bertz CT molecular complexity index is 1730. The topological polar surface area (TPSA) is 9.23 Å². The number of rotatable bonds is 12. The third-order valence-corrected chi connectivity index (χ3v) is 9.21. The van der Waals surface area contributed by atoms with E-state index in [4.69, 9.17) is 0 Å². The molecule has 0 amide bonds. The van der Waals surface area contributed by atoms with Crippen LogP contribution in [0.4, 0.5) is 43.9 Å². The molecule has 5 rings (SSSR count). The largest absolute Gasteiger partial charge is 0.432 e. The van der Waals surface area contributed by atoms with Crippen LogP contribution in [-0.2, 0) is 6.11 Å². The van der Waals surface area contributed by atoms with Gasteiger partial charge in [0.1, 0.15) is 40.4 Å². The molecule has 1 aliphatic carbocycles. The average molecular weight is 697 g/mol. The number of benzene rings is 4. The van der Waals surface area contributed by atoms with Crippen LogP contribution in [0.3, 0.4) is 0 Å². The van der Waals surface area contributed by atoms with Gasteiger partial charge >= 0.3 is 6.11 Å². The van der Waals surface area contributed by atoms with Gasteiger partial charge in [0, 0.05) is 17.7 Å². The zero-order chi connectivity index (χ0) is 35.5. The molecule has 4 aromatic carbocycles. The van der Waals surface area contributed by atoms with E-state index in [1.54, 1.807) is 6.07 Å². The van der Waals surface area contributed by atoms with Crippen LogP contribution in [0.5, 0.6) is 5.75 Å². The number of ether oxygens (including phenoxy) is 1. The molecule has 1 aliphatic rings. The smallest absolute Gasteiger partial charge is 0.429 e. The lowest BCUT2D eigenvalue weighted by atomic mass is 9.77. The van der Waals surface area contributed by atoms with Gasteiger partial charge in [-0.1, -0.05) is 57.6 Å². The Hall–Kier alpha value is -4.02. The predicted molar refractivity (Wildman–Crippen MR) is 166 cm³/mol. The Balaban J connectivity index is 1.31. The summed E-state index contributed by atoms with van der Waals surface area (Å²) < 4.78 is 149. The lowest BCUT2D eigenvalue weighted by Crippen LogP contribution is -2.25. The van der Waals surface area contributed by atoms with Crippen LogP contribution >= 0.6 is 0 Å². The third-order valence-electron chi connectivity index (χ3n) is 9.21. The van der Waals surface area contributed by atoms with Gasteiger partial charge < -0.3 is 4.74 Å². The summed E-state index contributed by atoms with van der Waals surface area (Å²) in [6.07, 6.45) is 6.44. The molecule has 11 heteroatoms. The summed E-state index contributed by atoms with van der Waals surface area (Å²) in [6.45, 7) is 2.18. The van der Waals surface area contributed by atoms with Gasteiger partial charge in [-0.2, -0.15) is 8.78 Å². The van der Waals surface area contributed by atoms with E-state index in [1.165, 1.54) is 50.7 Å². The molecule has 0 spiro atoms. The van der Waals surface area contributed by atoms with Gasteiger partial charge in [-0.05, 0) is 84.5 Å². The quantitative estimate of drug-likeness (QED) is 0.0814. The van der Waals surface area contributed by atoms with Crippen molar-refractivity contribution in [1.29, 1.82) is 0 Å². The Morgan fingerprint density at radius 1 is 0.612 bits per heavy atom. The predicted octanol–water partition coefficient (Wildman–Crippen LogP) is 12.9. The number of hydrogen-bond acceptors (Lipinski definition) is 1. The van der Waals surface area contributed by atoms with E-state index in [0.717, 1.165) is 43.4 Å².